The quantitative estimate of drug-likeness (QED) is 0.447. The van der Waals surface area contributed by atoms with E-state index in [0.29, 0.717) is 11.3 Å². The molecule has 2 rings (SSSR count). The van der Waals surface area contributed by atoms with Crippen molar-refractivity contribution in [1.29, 1.82) is 0 Å². The van der Waals surface area contributed by atoms with Gasteiger partial charge < -0.3 is 4.74 Å². The molecule has 0 aromatic heterocycles. The number of nitrogens with zero attached hydrogens (tertiary/aromatic N) is 1. The van der Waals surface area contributed by atoms with E-state index in [1.54, 1.807) is 31.4 Å². The lowest BCUT2D eigenvalue weighted by Gasteiger charge is -2.12. The van der Waals surface area contributed by atoms with Crippen molar-refractivity contribution in [2.24, 2.45) is 0 Å². The zero-order valence-electron chi connectivity index (χ0n) is 12.3. The highest BCUT2D eigenvalue weighted by Crippen LogP contribution is 2.23. The maximum atomic E-state index is 12.3. The average Bonchev–Trinajstić information content (AvgIpc) is 2.54. The molecule has 0 saturated heterocycles. The minimum Gasteiger partial charge on any atom is -0.497 e. The minimum absolute atomic E-state index is 0.108. The first-order valence-electron chi connectivity index (χ1n) is 6.94. The molecule has 114 valence electrons. The van der Waals surface area contributed by atoms with Gasteiger partial charge in [-0.2, -0.15) is 0 Å². The molecule has 0 aliphatic carbocycles. The molecule has 5 heteroatoms. The van der Waals surface area contributed by atoms with E-state index >= 15 is 0 Å². The van der Waals surface area contributed by atoms with Gasteiger partial charge in [-0.3, -0.25) is 14.9 Å². The van der Waals surface area contributed by atoms with Gasteiger partial charge in [0, 0.05) is 16.9 Å². The van der Waals surface area contributed by atoms with Gasteiger partial charge in [-0.15, -0.1) is 0 Å². The summed E-state index contributed by atoms with van der Waals surface area (Å²) in [6.07, 6.45) is 0.108. The first-order valence-corrected chi connectivity index (χ1v) is 6.94. The van der Waals surface area contributed by atoms with Crippen molar-refractivity contribution >= 4 is 5.78 Å². The van der Waals surface area contributed by atoms with Crippen LogP contribution < -0.4 is 4.74 Å². The summed E-state index contributed by atoms with van der Waals surface area (Å²) in [5.41, 5.74) is 1.34. The lowest BCUT2D eigenvalue weighted by Crippen LogP contribution is -2.16. The largest absolute Gasteiger partial charge is 0.497 e. The third-order valence-corrected chi connectivity index (χ3v) is 3.48. The highest BCUT2D eigenvalue weighted by molar-refractivity contribution is 5.96. The molecule has 0 amide bonds. The van der Waals surface area contributed by atoms with Crippen LogP contribution in [-0.4, -0.2) is 24.4 Å². The van der Waals surface area contributed by atoms with Gasteiger partial charge in [-0.1, -0.05) is 30.3 Å². The number of ether oxygens (including phenoxy) is 1. The maximum absolute atomic E-state index is 12.3. The van der Waals surface area contributed by atoms with Crippen molar-refractivity contribution in [2.45, 2.75) is 12.3 Å². The van der Waals surface area contributed by atoms with Crippen LogP contribution in [0.1, 0.15) is 28.3 Å². The molecular weight excluding hydrogens is 282 g/mol. The minimum atomic E-state index is -0.425. The van der Waals surface area contributed by atoms with Gasteiger partial charge in [0.2, 0.25) is 6.54 Å². The van der Waals surface area contributed by atoms with Gasteiger partial charge in [0.05, 0.1) is 13.0 Å². The SMILES string of the molecule is COc1ccc(C(=O)C[C@H](C[N+](=O)[O-])c2ccccc2)cc1. The third kappa shape index (κ3) is 4.15. The molecule has 0 radical (unpaired) electrons. The lowest BCUT2D eigenvalue weighted by molar-refractivity contribution is -0.483. The summed E-state index contributed by atoms with van der Waals surface area (Å²) in [5, 5.41) is 10.9. The topological polar surface area (TPSA) is 69.4 Å². The molecule has 0 aliphatic heterocycles. The number of methoxy groups -OCH3 is 1. The predicted octanol–water partition coefficient (Wildman–Crippen LogP) is 3.33. The highest BCUT2D eigenvalue weighted by Gasteiger charge is 2.22. The second-order valence-corrected chi connectivity index (χ2v) is 4.98. The summed E-state index contributed by atoms with van der Waals surface area (Å²) in [6, 6.07) is 15.9. The van der Waals surface area contributed by atoms with E-state index in [1.807, 2.05) is 30.3 Å². The molecule has 0 saturated carbocycles. The molecule has 0 fully saturated rings. The Morgan fingerprint density at radius 1 is 1.14 bits per heavy atom. The molecule has 1 atom stereocenters. The van der Waals surface area contributed by atoms with Crippen LogP contribution in [0.5, 0.6) is 5.75 Å². The molecule has 0 heterocycles. The van der Waals surface area contributed by atoms with E-state index in [-0.39, 0.29) is 23.7 Å². The van der Waals surface area contributed by atoms with E-state index in [4.69, 9.17) is 4.74 Å². The van der Waals surface area contributed by atoms with Crippen LogP contribution in [0.3, 0.4) is 0 Å². The smallest absolute Gasteiger partial charge is 0.211 e. The second-order valence-electron chi connectivity index (χ2n) is 4.98. The Morgan fingerprint density at radius 3 is 2.32 bits per heavy atom. The number of ketones is 1. The normalized spacial score (nSPS) is 11.7. The summed E-state index contributed by atoms with van der Waals surface area (Å²) in [7, 11) is 1.55. The maximum Gasteiger partial charge on any atom is 0.211 e. The van der Waals surface area contributed by atoms with Crippen LogP contribution in [0, 0.1) is 10.1 Å². The van der Waals surface area contributed by atoms with Gasteiger partial charge in [-0.05, 0) is 29.8 Å². The van der Waals surface area contributed by atoms with Crippen LogP contribution >= 0.6 is 0 Å². The Kier molecular flexibility index (Phi) is 5.25. The van der Waals surface area contributed by atoms with Crippen molar-refractivity contribution in [3.8, 4) is 5.75 Å². The Hall–Kier alpha value is -2.69. The van der Waals surface area contributed by atoms with E-state index in [0.717, 1.165) is 5.56 Å². The van der Waals surface area contributed by atoms with Crippen LogP contribution in [0.2, 0.25) is 0 Å². The van der Waals surface area contributed by atoms with Crippen LogP contribution in [0.15, 0.2) is 54.6 Å². The highest BCUT2D eigenvalue weighted by atomic mass is 16.6. The Morgan fingerprint density at radius 2 is 1.77 bits per heavy atom. The van der Waals surface area contributed by atoms with E-state index in [2.05, 4.69) is 0 Å². The molecule has 22 heavy (non-hydrogen) atoms. The molecule has 0 bridgehead atoms. The zero-order valence-corrected chi connectivity index (χ0v) is 12.3. The van der Waals surface area contributed by atoms with Crippen molar-refractivity contribution in [3.63, 3.8) is 0 Å². The fourth-order valence-corrected chi connectivity index (χ4v) is 2.31. The Bertz CT molecular complexity index is 637. The number of carbonyl (C=O) groups is 1. The number of rotatable bonds is 7. The first kappa shape index (κ1) is 15.7. The summed E-state index contributed by atoms with van der Waals surface area (Å²) in [6.45, 7) is -0.258. The van der Waals surface area contributed by atoms with Crippen molar-refractivity contribution in [3.05, 3.63) is 75.8 Å². The lowest BCUT2D eigenvalue weighted by atomic mass is 9.91. The molecule has 5 nitrogen and oxygen atoms in total. The number of Topliss-reactive ketones (excluding diaryl/α,β-unsaturated/α-hetero) is 1. The monoisotopic (exact) mass is 299 g/mol. The van der Waals surface area contributed by atoms with E-state index in [9.17, 15) is 14.9 Å². The zero-order chi connectivity index (χ0) is 15.9. The van der Waals surface area contributed by atoms with Gasteiger partial charge >= 0.3 is 0 Å². The number of carbonyl (C=O) groups excluding carboxylic acids is 1. The van der Waals surface area contributed by atoms with E-state index in [1.165, 1.54) is 0 Å². The summed E-state index contributed by atoms with van der Waals surface area (Å²) in [4.78, 5) is 22.8. The molecule has 0 N–H and O–H groups in total. The second kappa shape index (κ2) is 7.36. The summed E-state index contributed by atoms with van der Waals surface area (Å²) in [5.74, 6) is 0.130. The molecule has 0 spiro atoms. The average molecular weight is 299 g/mol. The Balaban J connectivity index is 2.15. The van der Waals surface area contributed by atoms with Crippen LogP contribution in [0.25, 0.3) is 0 Å². The van der Waals surface area contributed by atoms with Crippen molar-refractivity contribution in [1.82, 2.24) is 0 Å². The summed E-state index contributed by atoms with van der Waals surface area (Å²) >= 11 is 0. The molecular formula is C17H17NO4. The molecule has 0 unspecified atom stereocenters. The standard InChI is InChI=1S/C17H17NO4/c1-22-16-9-7-14(8-10-16)17(19)11-15(12-18(20)21)13-5-3-2-4-6-13/h2-10,15H,11-12H2,1H3/t15-/m1/s1. The third-order valence-electron chi connectivity index (χ3n) is 3.48. The number of hydrogen-bond donors (Lipinski definition) is 0. The number of benzene rings is 2. The Labute approximate surface area is 128 Å². The summed E-state index contributed by atoms with van der Waals surface area (Å²) < 4.78 is 5.05. The molecule has 2 aromatic carbocycles. The van der Waals surface area contributed by atoms with Crippen LogP contribution in [-0.2, 0) is 0 Å². The molecule has 2 aromatic rings. The molecule has 0 aliphatic rings. The number of hydrogen-bond acceptors (Lipinski definition) is 4. The van der Waals surface area contributed by atoms with Crippen molar-refractivity contribution < 1.29 is 14.5 Å². The fraction of sp³-hybridized carbons (Fsp3) is 0.235. The number of nitro groups is 1. The van der Waals surface area contributed by atoms with Gasteiger partial charge in [-0.25, -0.2) is 0 Å². The van der Waals surface area contributed by atoms with E-state index < -0.39 is 5.92 Å². The fourth-order valence-electron chi connectivity index (χ4n) is 2.31. The van der Waals surface area contributed by atoms with Gasteiger partial charge in [0.25, 0.3) is 0 Å². The van der Waals surface area contributed by atoms with Crippen molar-refractivity contribution in [2.75, 3.05) is 13.7 Å². The van der Waals surface area contributed by atoms with Crippen LogP contribution in [0.4, 0.5) is 0 Å². The predicted molar refractivity (Wildman–Crippen MR) is 83.0 cm³/mol. The van der Waals surface area contributed by atoms with Gasteiger partial charge in [0.15, 0.2) is 5.78 Å². The van der Waals surface area contributed by atoms with Gasteiger partial charge in [0.1, 0.15) is 5.75 Å². The first-order chi connectivity index (χ1) is 10.6.